The Morgan fingerprint density at radius 3 is 2.22 bits per heavy atom. The summed E-state index contributed by atoms with van der Waals surface area (Å²) in [4.78, 5) is 29.5. The summed E-state index contributed by atoms with van der Waals surface area (Å²) in [5, 5.41) is 4.50. The maximum atomic E-state index is 14.0. The fraction of sp³-hybridized carbons (Fsp3) is 0.292. The fourth-order valence-corrected chi connectivity index (χ4v) is 4.19. The van der Waals surface area contributed by atoms with Gasteiger partial charge in [0.2, 0.25) is 0 Å². The van der Waals surface area contributed by atoms with Gasteiger partial charge in [-0.25, -0.2) is 13.8 Å². The van der Waals surface area contributed by atoms with Crippen LogP contribution in [0.25, 0.3) is 10.4 Å². The number of halogens is 5. The smallest absolute Gasteiger partial charge is 0.351 e. The summed E-state index contributed by atoms with van der Waals surface area (Å²) < 4.78 is 78.6. The highest BCUT2D eigenvalue weighted by molar-refractivity contribution is 7.19. The highest BCUT2D eigenvalue weighted by atomic mass is 32.1. The Hall–Kier alpha value is -3.42. The van der Waals surface area contributed by atoms with Crippen LogP contribution in [0.2, 0.25) is 0 Å². The molecule has 2 N–H and O–H groups in total. The van der Waals surface area contributed by atoms with Crippen LogP contribution in [0.3, 0.4) is 0 Å². The fourth-order valence-electron chi connectivity index (χ4n) is 3.23. The molecular formula is C24H22F5N3O4S. The van der Waals surface area contributed by atoms with E-state index in [1.165, 1.54) is 6.07 Å². The number of nitrogens with zero attached hydrogens (tertiary/aromatic N) is 1. The number of aromatic nitrogens is 1. The third-order valence-electron chi connectivity index (χ3n) is 4.84. The van der Waals surface area contributed by atoms with Crippen LogP contribution in [0, 0.1) is 11.6 Å². The zero-order chi connectivity index (χ0) is 27.2. The van der Waals surface area contributed by atoms with Crippen molar-refractivity contribution in [2.24, 2.45) is 0 Å². The minimum Gasteiger partial charge on any atom is -0.351 e. The Labute approximate surface area is 212 Å². The summed E-state index contributed by atoms with van der Waals surface area (Å²) in [6, 6.07) is 7.05. The molecule has 3 aromatic rings. The topological polar surface area (TPSA) is 89.5 Å². The van der Waals surface area contributed by atoms with E-state index in [1.54, 1.807) is 13.8 Å². The quantitative estimate of drug-likeness (QED) is 0.261. The van der Waals surface area contributed by atoms with E-state index in [4.69, 9.17) is 9.47 Å². The second-order valence-corrected chi connectivity index (χ2v) is 8.38. The van der Waals surface area contributed by atoms with Gasteiger partial charge in [-0.2, -0.15) is 13.2 Å². The van der Waals surface area contributed by atoms with Crippen LogP contribution in [0.5, 0.6) is 0 Å². The van der Waals surface area contributed by atoms with Crippen molar-refractivity contribution < 1.29 is 41.0 Å². The molecule has 0 aliphatic rings. The number of thiazole rings is 1. The lowest BCUT2D eigenvalue weighted by atomic mass is 10.1. The second kappa shape index (κ2) is 12.2. The molecule has 0 radical (unpaired) electrons. The lowest BCUT2D eigenvalue weighted by Gasteiger charge is -2.17. The molecule has 0 aliphatic heterocycles. The van der Waals surface area contributed by atoms with Gasteiger partial charge in [0.25, 0.3) is 11.8 Å². The number of carbonyl (C=O) groups excluding carboxylic acids is 2. The van der Waals surface area contributed by atoms with Gasteiger partial charge in [-0.3, -0.25) is 14.9 Å². The number of carbonyl (C=O) groups is 2. The van der Waals surface area contributed by atoms with E-state index in [0.29, 0.717) is 24.6 Å². The van der Waals surface area contributed by atoms with Crippen LogP contribution in [0.4, 0.5) is 27.1 Å². The number of benzene rings is 2. The molecule has 7 nitrogen and oxygen atoms in total. The average Bonchev–Trinajstić information content (AvgIpc) is 3.26. The first kappa shape index (κ1) is 28.2. The zero-order valence-electron chi connectivity index (χ0n) is 19.6. The molecule has 37 heavy (non-hydrogen) atoms. The molecule has 0 aliphatic carbocycles. The molecule has 0 spiro atoms. The highest BCUT2D eigenvalue weighted by Crippen LogP contribution is 2.37. The molecule has 2 amide bonds. The first-order valence-electron chi connectivity index (χ1n) is 11.0. The normalized spacial score (nSPS) is 11.6. The van der Waals surface area contributed by atoms with Gasteiger partial charge in [-0.05, 0) is 43.7 Å². The van der Waals surface area contributed by atoms with E-state index < -0.39 is 47.0 Å². The van der Waals surface area contributed by atoms with Gasteiger partial charge < -0.3 is 14.8 Å². The molecule has 0 unspecified atom stereocenters. The van der Waals surface area contributed by atoms with Crippen molar-refractivity contribution >= 4 is 28.3 Å². The van der Waals surface area contributed by atoms with Gasteiger partial charge in [-0.15, -0.1) is 0 Å². The number of hydrogen-bond acceptors (Lipinski definition) is 6. The van der Waals surface area contributed by atoms with Gasteiger partial charge in [0, 0.05) is 13.2 Å². The van der Waals surface area contributed by atoms with Crippen molar-refractivity contribution in [3.63, 3.8) is 0 Å². The summed E-state index contributed by atoms with van der Waals surface area (Å²) in [5.41, 5.74) is -2.14. The Bertz CT molecular complexity index is 1240. The van der Waals surface area contributed by atoms with E-state index in [2.05, 4.69) is 15.6 Å². The van der Waals surface area contributed by atoms with Crippen molar-refractivity contribution in [2.45, 2.75) is 26.3 Å². The first-order chi connectivity index (χ1) is 17.5. The van der Waals surface area contributed by atoms with Gasteiger partial charge >= 0.3 is 6.18 Å². The SMILES string of the molecule is CCOC(CNC(=O)c1nc(NC(=O)c2c(F)cccc2F)sc1-c1cccc(C(F)(F)F)c1)OCC. The van der Waals surface area contributed by atoms with Gasteiger partial charge in [-0.1, -0.05) is 29.5 Å². The second-order valence-electron chi connectivity index (χ2n) is 7.38. The largest absolute Gasteiger partial charge is 0.416 e. The van der Waals surface area contributed by atoms with E-state index in [-0.39, 0.29) is 27.8 Å². The van der Waals surface area contributed by atoms with Crippen molar-refractivity contribution in [2.75, 3.05) is 25.1 Å². The summed E-state index contributed by atoms with van der Waals surface area (Å²) >= 11 is 0.671. The van der Waals surface area contributed by atoms with E-state index in [0.717, 1.165) is 36.4 Å². The number of rotatable bonds is 10. The molecule has 3 rings (SSSR count). The number of nitrogens with one attached hydrogen (secondary N) is 2. The number of alkyl halides is 3. The van der Waals surface area contributed by atoms with Gasteiger partial charge in [0.05, 0.1) is 17.0 Å². The molecule has 2 aromatic carbocycles. The first-order valence-corrected chi connectivity index (χ1v) is 11.8. The monoisotopic (exact) mass is 543 g/mol. The molecule has 0 fully saturated rings. The summed E-state index contributed by atoms with van der Waals surface area (Å²) in [7, 11) is 0. The number of amides is 2. The molecule has 13 heteroatoms. The molecule has 0 saturated heterocycles. The van der Waals surface area contributed by atoms with E-state index in [1.807, 2.05) is 0 Å². The van der Waals surface area contributed by atoms with Crippen molar-refractivity contribution in [1.82, 2.24) is 10.3 Å². The minimum atomic E-state index is -4.65. The minimum absolute atomic E-state index is 0.00112. The Kier molecular flexibility index (Phi) is 9.29. The molecule has 198 valence electrons. The molecular weight excluding hydrogens is 521 g/mol. The summed E-state index contributed by atoms with van der Waals surface area (Å²) in [5.74, 6) is -4.21. The van der Waals surface area contributed by atoms with E-state index >= 15 is 0 Å². The van der Waals surface area contributed by atoms with Crippen LogP contribution in [-0.2, 0) is 15.7 Å². The van der Waals surface area contributed by atoms with Crippen molar-refractivity contribution in [3.8, 4) is 10.4 Å². The number of anilines is 1. The van der Waals surface area contributed by atoms with Gasteiger partial charge in [0.1, 0.15) is 22.9 Å². The zero-order valence-corrected chi connectivity index (χ0v) is 20.4. The third kappa shape index (κ3) is 7.08. The summed E-state index contributed by atoms with van der Waals surface area (Å²) in [6.45, 7) is 3.97. The van der Waals surface area contributed by atoms with Gasteiger partial charge in [0.15, 0.2) is 11.4 Å². The van der Waals surface area contributed by atoms with E-state index in [9.17, 15) is 31.5 Å². The molecule has 1 aromatic heterocycles. The predicted molar refractivity (Wildman–Crippen MR) is 126 cm³/mol. The van der Waals surface area contributed by atoms with Crippen LogP contribution in [0.15, 0.2) is 42.5 Å². The van der Waals surface area contributed by atoms with Crippen molar-refractivity contribution in [3.05, 3.63) is 70.9 Å². The lowest BCUT2D eigenvalue weighted by Crippen LogP contribution is -2.35. The van der Waals surface area contributed by atoms with Crippen LogP contribution in [-0.4, -0.2) is 42.8 Å². The average molecular weight is 544 g/mol. The number of hydrogen-bond donors (Lipinski definition) is 2. The highest BCUT2D eigenvalue weighted by Gasteiger charge is 2.31. The summed E-state index contributed by atoms with van der Waals surface area (Å²) in [6.07, 6.45) is -5.43. The van der Waals surface area contributed by atoms with Crippen LogP contribution in [0.1, 0.15) is 40.3 Å². The Balaban J connectivity index is 1.97. The maximum Gasteiger partial charge on any atom is 0.416 e. The molecule has 0 bridgehead atoms. The Morgan fingerprint density at radius 2 is 1.62 bits per heavy atom. The predicted octanol–water partition coefficient (Wildman–Crippen LogP) is 5.49. The molecule has 0 saturated carbocycles. The maximum absolute atomic E-state index is 14.0. The van der Waals surface area contributed by atoms with Crippen LogP contribution >= 0.6 is 11.3 Å². The van der Waals surface area contributed by atoms with Crippen LogP contribution < -0.4 is 10.6 Å². The number of ether oxygens (including phenoxy) is 2. The molecule has 1 heterocycles. The molecule has 0 atom stereocenters. The Morgan fingerprint density at radius 1 is 1.00 bits per heavy atom. The third-order valence-corrected chi connectivity index (χ3v) is 5.86. The standard InChI is InChI=1S/C24H22F5N3O4S/c1-3-35-17(36-4-2)12-30-22(34)19-20(13-7-5-8-14(11-13)24(27,28)29)37-23(31-19)32-21(33)18-15(25)9-6-10-16(18)26/h5-11,17H,3-4,12H2,1-2H3,(H,30,34)(H,31,32,33). The lowest BCUT2D eigenvalue weighted by molar-refractivity contribution is -0.137. The van der Waals surface area contributed by atoms with Crippen molar-refractivity contribution in [1.29, 1.82) is 0 Å².